The molecule has 0 aliphatic carbocycles. The van der Waals surface area contributed by atoms with Gasteiger partial charge in [0.25, 0.3) is 5.91 Å². The zero-order valence-corrected chi connectivity index (χ0v) is 17.8. The zero-order chi connectivity index (χ0) is 22.2. The maximum absolute atomic E-state index is 13.8. The first kappa shape index (κ1) is 20.2. The molecule has 0 bridgehead atoms. The minimum atomic E-state index is -0.339. The van der Waals surface area contributed by atoms with E-state index in [4.69, 9.17) is 9.15 Å². The second-order valence-electron chi connectivity index (χ2n) is 7.89. The number of hydrogen-bond donors (Lipinski definition) is 0. The molecule has 0 unspecified atom stereocenters. The highest BCUT2D eigenvalue weighted by Crippen LogP contribution is 2.31. The summed E-state index contributed by atoms with van der Waals surface area (Å²) in [5.74, 6) is 1.06. The third-order valence-electron chi connectivity index (χ3n) is 5.83. The number of oxazole rings is 1. The molecule has 1 aliphatic heterocycles. The molecule has 4 heterocycles. The van der Waals surface area contributed by atoms with Gasteiger partial charge in [0.1, 0.15) is 11.6 Å². The Kier molecular flexibility index (Phi) is 5.08. The molecule has 1 aliphatic rings. The molecule has 9 heteroatoms. The summed E-state index contributed by atoms with van der Waals surface area (Å²) in [5, 5.41) is 4.67. The Balaban J connectivity index is 1.42. The smallest absolute Gasteiger partial charge is 0.291 e. The average molecular weight is 435 g/mol. The molecule has 0 spiro atoms. The van der Waals surface area contributed by atoms with Crippen molar-refractivity contribution in [3.05, 3.63) is 66.0 Å². The Hall–Kier alpha value is -3.75. The highest BCUT2D eigenvalue weighted by Gasteiger charge is 2.30. The van der Waals surface area contributed by atoms with Crippen molar-refractivity contribution >= 4 is 11.6 Å². The van der Waals surface area contributed by atoms with Gasteiger partial charge in [-0.3, -0.25) is 4.79 Å². The monoisotopic (exact) mass is 435 g/mol. The molecule has 0 radical (unpaired) electrons. The van der Waals surface area contributed by atoms with Gasteiger partial charge in [0.05, 0.1) is 12.8 Å². The number of pyridine rings is 1. The van der Waals surface area contributed by atoms with E-state index < -0.39 is 0 Å². The van der Waals surface area contributed by atoms with Crippen molar-refractivity contribution in [3.63, 3.8) is 0 Å². The molecule has 1 atom stereocenters. The van der Waals surface area contributed by atoms with Crippen molar-refractivity contribution in [1.29, 1.82) is 0 Å². The number of amides is 1. The van der Waals surface area contributed by atoms with Gasteiger partial charge in [-0.2, -0.15) is 5.10 Å². The Bertz CT molecular complexity index is 1300. The number of piperidine rings is 1. The van der Waals surface area contributed by atoms with E-state index in [0.717, 1.165) is 18.4 Å². The molecule has 164 valence electrons. The van der Waals surface area contributed by atoms with Crippen LogP contribution in [-0.2, 0) is 0 Å². The van der Waals surface area contributed by atoms with Crippen LogP contribution in [0.5, 0.6) is 5.75 Å². The van der Waals surface area contributed by atoms with Gasteiger partial charge in [-0.05, 0) is 50.1 Å². The van der Waals surface area contributed by atoms with Gasteiger partial charge in [-0.1, -0.05) is 0 Å². The predicted octanol–water partition coefficient (Wildman–Crippen LogP) is 3.86. The number of ether oxygens (including phenoxy) is 1. The summed E-state index contributed by atoms with van der Waals surface area (Å²) in [7, 11) is 1.55. The van der Waals surface area contributed by atoms with Crippen LogP contribution in [0.2, 0.25) is 0 Å². The van der Waals surface area contributed by atoms with Crippen molar-refractivity contribution in [1.82, 2.24) is 24.5 Å². The zero-order valence-electron chi connectivity index (χ0n) is 17.8. The normalized spacial score (nSPS) is 16.5. The molecule has 0 saturated carbocycles. The van der Waals surface area contributed by atoms with Gasteiger partial charge >= 0.3 is 0 Å². The van der Waals surface area contributed by atoms with Crippen LogP contribution in [0, 0.1) is 12.7 Å². The molecule has 4 aromatic rings. The lowest BCUT2D eigenvalue weighted by atomic mass is 9.97. The number of aromatic nitrogens is 4. The number of aryl methyl sites for hydroxylation is 1. The van der Waals surface area contributed by atoms with Gasteiger partial charge in [0, 0.05) is 36.3 Å². The van der Waals surface area contributed by atoms with Gasteiger partial charge in [-0.15, -0.1) is 0 Å². The number of rotatable bonds is 4. The first-order valence-electron chi connectivity index (χ1n) is 10.4. The summed E-state index contributed by atoms with van der Waals surface area (Å²) in [4.78, 5) is 23.3. The summed E-state index contributed by atoms with van der Waals surface area (Å²) in [6.07, 6.45) is 4.84. The fourth-order valence-electron chi connectivity index (χ4n) is 4.16. The third-order valence-corrected chi connectivity index (χ3v) is 5.83. The summed E-state index contributed by atoms with van der Waals surface area (Å²) >= 11 is 0. The highest BCUT2D eigenvalue weighted by atomic mass is 19.1. The molecule has 8 nitrogen and oxygen atoms in total. The van der Waals surface area contributed by atoms with Gasteiger partial charge < -0.3 is 14.1 Å². The number of fused-ring (bicyclic) bond motifs is 1. The lowest BCUT2D eigenvalue weighted by molar-refractivity contribution is 0.0671. The van der Waals surface area contributed by atoms with E-state index in [0.29, 0.717) is 41.6 Å². The van der Waals surface area contributed by atoms with E-state index in [-0.39, 0.29) is 23.4 Å². The number of methoxy groups -OCH3 is 1. The minimum absolute atomic E-state index is 0.0167. The summed E-state index contributed by atoms with van der Waals surface area (Å²) < 4.78 is 26.2. The van der Waals surface area contributed by atoms with E-state index in [9.17, 15) is 9.18 Å². The summed E-state index contributed by atoms with van der Waals surface area (Å²) in [6.45, 7) is 2.93. The fraction of sp³-hybridized carbons (Fsp3) is 0.304. The van der Waals surface area contributed by atoms with Crippen LogP contribution in [0.3, 0.4) is 0 Å². The number of carbonyl (C=O) groups excluding carboxylic acids is 1. The van der Waals surface area contributed by atoms with E-state index in [2.05, 4.69) is 15.1 Å². The van der Waals surface area contributed by atoms with E-state index in [1.54, 1.807) is 29.5 Å². The number of benzene rings is 1. The number of hydrogen-bond acceptors (Lipinski definition) is 6. The first-order chi connectivity index (χ1) is 15.5. The standard InChI is InChI=1S/C23H22FN5O3/c1-14-21(32-13-25-14)23(30)28-9-3-4-16(11-28)22-26-20-8-5-15(12-29(20)27-22)18-10-17(24)6-7-19(18)31-2/h5-8,10,12-13,16H,3-4,9,11H2,1-2H3/t16-/m0/s1. The molecular formula is C23H22FN5O3. The molecule has 1 amide bonds. The van der Waals surface area contributed by atoms with Crippen LogP contribution >= 0.6 is 0 Å². The molecule has 3 aromatic heterocycles. The van der Waals surface area contributed by atoms with Crippen LogP contribution in [0.4, 0.5) is 4.39 Å². The second-order valence-corrected chi connectivity index (χ2v) is 7.89. The topological polar surface area (TPSA) is 85.8 Å². The fourth-order valence-corrected chi connectivity index (χ4v) is 4.16. The molecule has 0 N–H and O–H groups in total. The van der Waals surface area contributed by atoms with Gasteiger partial charge in [0.2, 0.25) is 5.76 Å². The van der Waals surface area contributed by atoms with E-state index >= 15 is 0 Å². The van der Waals surface area contributed by atoms with Crippen LogP contribution < -0.4 is 4.74 Å². The Morgan fingerprint density at radius 1 is 1.28 bits per heavy atom. The molecule has 1 fully saturated rings. The Labute approximate surface area is 183 Å². The van der Waals surface area contributed by atoms with E-state index in [1.807, 2.05) is 18.3 Å². The summed E-state index contributed by atoms with van der Waals surface area (Å²) in [5.41, 5.74) is 2.69. The quantitative estimate of drug-likeness (QED) is 0.484. The lowest BCUT2D eigenvalue weighted by Crippen LogP contribution is -2.39. The van der Waals surface area contributed by atoms with Gasteiger partial charge in [0.15, 0.2) is 17.9 Å². The van der Waals surface area contributed by atoms with Crippen molar-refractivity contribution < 1.29 is 18.3 Å². The SMILES string of the molecule is COc1ccc(F)cc1-c1ccc2nc([C@H]3CCCN(C(=O)c4ocnc4C)C3)nn2c1. The van der Waals surface area contributed by atoms with Crippen molar-refractivity contribution in [3.8, 4) is 16.9 Å². The molecule has 1 aromatic carbocycles. The van der Waals surface area contributed by atoms with E-state index in [1.165, 1.54) is 18.5 Å². The maximum Gasteiger partial charge on any atom is 0.291 e. The van der Waals surface area contributed by atoms with Crippen LogP contribution in [0.25, 0.3) is 16.8 Å². The number of nitrogens with zero attached hydrogens (tertiary/aromatic N) is 5. The lowest BCUT2D eigenvalue weighted by Gasteiger charge is -2.30. The molecular weight excluding hydrogens is 413 g/mol. The molecule has 5 rings (SSSR count). The summed E-state index contributed by atoms with van der Waals surface area (Å²) in [6, 6.07) is 8.12. The van der Waals surface area contributed by atoms with Crippen LogP contribution in [0.15, 0.2) is 47.3 Å². The second kappa shape index (κ2) is 8.07. The van der Waals surface area contributed by atoms with Crippen molar-refractivity contribution in [2.45, 2.75) is 25.7 Å². The molecule has 1 saturated heterocycles. The molecule has 32 heavy (non-hydrogen) atoms. The van der Waals surface area contributed by atoms with Crippen LogP contribution in [0.1, 0.15) is 40.8 Å². The largest absolute Gasteiger partial charge is 0.496 e. The van der Waals surface area contributed by atoms with Crippen molar-refractivity contribution in [2.24, 2.45) is 0 Å². The number of halogens is 1. The highest BCUT2D eigenvalue weighted by molar-refractivity contribution is 5.92. The Morgan fingerprint density at radius 2 is 2.16 bits per heavy atom. The first-order valence-corrected chi connectivity index (χ1v) is 10.4. The van der Waals surface area contributed by atoms with Crippen molar-refractivity contribution in [2.75, 3.05) is 20.2 Å². The van der Waals surface area contributed by atoms with Gasteiger partial charge in [-0.25, -0.2) is 18.9 Å². The maximum atomic E-state index is 13.8. The number of carbonyl (C=O) groups is 1. The minimum Gasteiger partial charge on any atom is -0.496 e. The predicted molar refractivity (Wildman–Crippen MR) is 114 cm³/mol. The Morgan fingerprint density at radius 3 is 2.94 bits per heavy atom. The third kappa shape index (κ3) is 3.59. The number of likely N-dealkylation sites (tertiary alicyclic amines) is 1. The average Bonchev–Trinajstić information content (AvgIpc) is 3.44. The van der Waals surface area contributed by atoms with Crippen LogP contribution in [-0.4, -0.2) is 50.6 Å².